The zero-order chi connectivity index (χ0) is 12.8. The van der Waals surface area contributed by atoms with Gasteiger partial charge in [-0.2, -0.15) is 0 Å². The van der Waals surface area contributed by atoms with Gasteiger partial charge in [0.2, 0.25) is 6.29 Å². The molecule has 0 bridgehead atoms. The molecule has 1 amide bonds. The van der Waals surface area contributed by atoms with Crippen molar-refractivity contribution in [3.05, 3.63) is 0 Å². The van der Waals surface area contributed by atoms with Crippen molar-refractivity contribution >= 4 is 12.1 Å². The van der Waals surface area contributed by atoms with Crippen LogP contribution in [-0.2, 0) is 14.3 Å². The Hall–Kier alpha value is -1.26. The van der Waals surface area contributed by atoms with Crippen molar-refractivity contribution < 1.29 is 19.1 Å². The smallest absolute Gasteiger partial charge is 0.410 e. The summed E-state index contributed by atoms with van der Waals surface area (Å²) in [7, 11) is 0. The minimum absolute atomic E-state index is 0.400. The van der Waals surface area contributed by atoms with Gasteiger partial charge < -0.3 is 14.8 Å². The summed E-state index contributed by atoms with van der Waals surface area (Å²) in [4.78, 5) is 22.6. The lowest BCUT2D eigenvalue weighted by Crippen LogP contribution is -2.33. The van der Waals surface area contributed by atoms with E-state index in [2.05, 4.69) is 5.32 Å². The molecule has 0 radical (unpaired) electrons. The highest BCUT2D eigenvalue weighted by molar-refractivity contribution is 5.75. The normalized spacial score (nSPS) is 12.8. The summed E-state index contributed by atoms with van der Waals surface area (Å²) in [6.45, 7) is 9.19. The molecule has 16 heavy (non-hydrogen) atoms. The number of alkyl carbamates (subject to hydrolysis) is 1. The number of rotatable bonds is 4. The molecular formula is C11H21NO4. The van der Waals surface area contributed by atoms with Gasteiger partial charge in [0.15, 0.2) is 0 Å². The Morgan fingerprint density at radius 2 is 1.81 bits per heavy atom. The van der Waals surface area contributed by atoms with Crippen LogP contribution < -0.4 is 5.32 Å². The van der Waals surface area contributed by atoms with E-state index in [9.17, 15) is 9.59 Å². The SMILES string of the molecule is CCCNC(=O)OC(C)OC(=O)C(C)(C)C. The lowest BCUT2D eigenvalue weighted by molar-refractivity contribution is -0.174. The molecule has 0 aliphatic rings. The van der Waals surface area contributed by atoms with Gasteiger partial charge in [0.05, 0.1) is 5.41 Å². The predicted molar refractivity (Wildman–Crippen MR) is 59.8 cm³/mol. The first-order valence-corrected chi connectivity index (χ1v) is 5.43. The lowest BCUT2D eigenvalue weighted by Gasteiger charge is -2.20. The summed E-state index contributed by atoms with van der Waals surface area (Å²) < 4.78 is 9.77. The summed E-state index contributed by atoms with van der Waals surface area (Å²) in [5, 5.41) is 2.52. The van der Waals surface area contributed by atoms with Gasteiger partial charge in [-0.25, -0.2) is 4.79 Å². The molecule has 1 unspecified atom stereocenters. The molecule has 0 aromatic rings. The largest absolute Gasteiger partial charge is 0.425 e. The number of amides is 1. The molecule has 1 atom stereocenters. The van der Waals surface area contributed by atoms with Gasteiger partial charge in [0.1, 0.15) is 0 Å². The molecule has 0 heterocycles. The molecule has 0 saturated carbocycles. The minimum atomic E-state index is -0.872. The maximum atomic E-state index is 11.4. The molecule has 94 valence electrons. The van der Waals surface area contributed by atoms with Crippen molar-refractivity contribution in [1.29, 1.82) is 0 Å². The second-order valence-electron chi connectivity index (χ2n) is 4.56. The van der Waals surface area contributed by atoms with Crippen LogP contribution in [0.2, 0.25) is 0 Å². The fourth-order valence-electron chi connectivity index (χ4n) is 0.771. The molecule has 0 aliphatic heterocycles. The second kappa shape index (κ2) is 6.35. The van der Waals surface area contributed by atoms with Crippen LogP contribution in [0.1, 0.15) is 41.0 Å². The highest BCUT2D eigenvalue weighted by Crippen LogP contribution is 2.16. The van der Waals surface area contributed by atoms with Gasteiger partial charge in [-0.05, 0) is 27.2 Å². The third-order valence-corrected chi connectivity index (χ3v) is 1.68. The Bertz CT molecular complexity index is 245. The van der Waals surface area contributed by atoms with E-state index in [1.807, 2.05) is 6.92 Å². The third-order valence-electron chi connectivity index (χ3n) is 1.68. The Kier molecular flexibility index (Phi) is 5.85. The summed E-state index contributed by atoms with van der Waals surface area (Å²) in [5.41, 5.74) is -0.600. The Morgan fingerprint density at radius 3 is 2.25 bits per heavy atom. The average Bonchev–Trinajstić information content (AvgIpc) is 2.12. The van der Waals surface area contributed by atoms with E-state index in [-0.39, 0.29) is 0 Å². The van der Waals surface area contributed by atoms with Crippen LogP contribution in [-0.4, -0.2) is 24.9 Å². The summed E-state index contributed by atoms with van der Waals surface area (Å²) >= 11 is 0. The molecule has 5 nitrogen and oxygen atoms in total. The molecule has 0 aliphatic carbocycles. The van der Waals surface area contributed by atoms with E-state index in [1.54, 1.807) is 20.8 Å². The van der Waals surface area contributed by atoms with Gasteiger partial charge >= 0.3 is 12.1 Å². The van der Waals surface area contributed by atoms with Crippen molar-refractivity contribution in [1.82, 2.24) is 5.32 Å². The predicted octanol–water partition coefficient (Wildman–Crippen LogP) is 2.06. The van der Waals surface area contributed by atoms with Crippen LogP contribution >= 0.6 is 0 Å². The van der Waals surface area contributed by atoms with Gasteiger partial charge in [0, 0.05) is 13.5 Å². The van der Waals surface area contributed by atoms with E-state index in [4.69, 9.17) is 9.47 Å². The van der Waals surface area contributed by atoms with Crippen LogP contribution in [0, 0.1) is 5.41 Å². The van der Waals surface area contributed by atoms with Crippen LogP contribution in [0.3, 0.4) is 0 Å². The molecule has 0 rings (SSSR count). The highest BCUT2D eigenvalue weighted by atomic mass is 16.7. The highest BCUT2D eigenvalue weighted by Gasteiger charge is 2.25. The average molecular weight is 231 g/mol. The second-order valence-corrected chi connectivity index (χ2v) is 4.56. The first kappa shape index (κ1) is 14.7. The fraction of sp³-hybridized carbons (Fsp3) is 0.818. The van der Waals surface area contributed by atoms with Crippen LogP contribution in [0.5, 0.6) is 0 Å². The molecule has 1 N–H and O–H groups in total. The quantitative estimate of drug-likeness (QED) is 0.594. The van der Waals surface area contributed by atoms with Gasteiger partial charge in [-0.1, -0.05) is 6.92 Å². The standard InChI is InChI=1S/C11H21NO4/c1-6-7-12-10(14)16-8(2)15-9(13)11(3,4)5/h8H,6-7H2,1-5H3,(H,12,14). The van der Waals surface area contributed by atoms with E-state index in [0.717, 1.165) is 6.42 Å². The topological polar surface area (TPSA) is 64.6 Å². The number of carbonyl (C=O) groups is 2. The molecule has 0 aromatic heterocycles. The maximum Gasteiger partial charge on any atom is 0.410 e. The first-order valence-electron chi connectivity index (χ1n) is 5.43. The molecule has 5 heteroatoms. The number of ether oxygens (including phenoxy) is 2. The van der Waals surface area contributed by atoms with E-state index < -0.39 is 23.8 Å². The molecule has 0 spiro atoms. The van der Waals surface area contributed by atoms with Crippen molar-refractivity contribution in [2.75, 3.05) is 6.54 Å². The Balaban J connectivity index is 3.95. The number of nitrogens with one attached hydrogen (secondary N) is 1. The van der Waals surface area contributed by atoms with Crippen molar-refractivity contribution in [2.45, 2.75) is 47.3 Å². The van der Waals surface area contributed by atoms with E-state index in [1.165, 1.54) is 6.92 Å². The molecule has 0 fully saturated rings. The number of hydrogen-bond donors (Lipinski definition) is 1. The minimum Gasteiger partial charge on any atom is -0.425 e. The maximum absolute atomic E-state index is 11.4. The summed E-state index contributed by atoms with van der Waals surface area (Å²) in [6.07, 6.45) is -0.620. The van der Waals surface area contributed by atoms with Crippen LogP contribution in [0.4, 0.5) is 4.79 Å². The van der Waals surface area contributed by atoms with Crippen LogP contribution in [0.15, 0.2) is 0 Å². The van der Waals surface area contributed by atoms with Gasteiger partial charge in [-0.15, -0.1) is 0 Å². The molecular weight excluding hydrogens is 210 g/mol. The first-order chi connectivity index (χ1) is 7.27. The molecule has 0 saturated heterocycles. The fourth-order valence-corrected chi connectivity index (χ4v) is 0.771. The lowest BCUT2D eigenvalue weighted by atomic mass is 9.97. The van der Waals surface area contributed by atoms with Gasteiger partial charge in [0.25, 0.3) is 0 Å². The third kappa shape index (κ3) is 6.27. The number of esters is 1. The number of carbonyl (C=O) groups excluding carboxylic acids is 2. The molecule has 0 aromatic carbocycles. The summed E-state index contributed by atoms with van der Waals surface area (Å²) in [5.74, 6) is -0.400. The van der Waals surface area contributed by atoms with Crippen molar-refractivity contribution in [2.24, 2.45) is 5.41 Å². The Labute approximate surface area is 96.5 Å². The number of hydrogen-bond acceptors (Lipinski definition) is 4. The van der Waals surface area contributed by atoms with E-state index in [0.29, 0.717) is 6.54 Å². The Morgan fingerprint density at radius 1 is 1.25 bits per heavy atom. The zero-order valence-corrected chi connectivity index (χ0v) is 10.6. The van der Waals surface area contributed by atoms with Gasteiger partial charge in [-0.3, -0.25) is 4.79 Å². The van der Waals surface area contributed by atoms with Crippen molar-refractivity contribution in [3.8, 4) is 0 Å². The van der Waals surface area contributed by atoms with Crippen LogP contribution in [0.25, 0.3) is 0 Å². The monoisotopic (exact) mass is 231 g/mol. The van der Waals surface area contributed by atoms with E-state index >= 15 is 0 Å². The summed E-state index contributed by atoms with van der Waals surface area (Å²) in [6, 6.07) is 0. The van der Waals surface area contributed by atoms with Crippen molar-refractivity contribution in [3.63, 3.8) is 0 Å². The zero-order valence-electron chi connectivity index (χ0n) is 10.6.